The van der Waals surface area contributed by atoms with E-state index in [9.17, 15) is 9.18 Å². The van der Waals surface area contributed by atoms with Crippen LogP contribution in [0.4, 0.5) is 21.0 Å². The van der Waals surface area contributed by atoms with Crippen molar-refractivity contribution in [1.29, 1.82) is 0 Å². The van der Waals surface area contributed by atoms with Gasteiger partial charge < -0.3 is 14.6 Å². The molecular weight excluding hydrogens is 363 g/mol. The Morgan fingerprint density at radius 1 is 1.25 bits per heavy atom. The zero-order valence-corrected chi connectivity index (χ0v) is 15.5. The molecule has 1 aliphatic rings. The Morgan fingerprint density at radius 3 is 2.79 bits per heavy atom. The van der Waals surface area contributed by atoms with Crippen LogP contribution in [0.2, 0.25) is 0 Å². The van der Waals surface area contributed by atoms with E-state index < -0.39 is 6.09 Å². The molecule has 9 heteroatoms. The monoisotopic (exact) mass is 382 g/mol. The molecule has 1 amide bonds. The van der Waals surface area contributed by atoms with Crippen LogP contribution in [0.3, 0.4) is 0 Å². The van der Waals surface area contributed by atoms with Crippen molar-refractivity contribution in [3.8, 4) is 5.69 Å². The molecule has 0 aliphatic carbocycles. The maximum atomic E-state index is 14.6. The van der Waals surface area contributed by atoms with Crippen LogP contribution in [0, 0.1) is 12.7 Å². The predicted octanol–water partition coefficient (Wildman–Crippen LogP) is 3.24. The highest BCUT2D eigenvalue weighted by molar-refractivity contribution is 5.88. The molecule has 4 rings (SSSR count). The summed E-state index contributed by atoms with van der Waals surface area (Å²) in [5.41, 5.74) is 1.19. The summed E-state index contributed by atoms with van der Waals surface area (Å²) in [6.45, 7) is 4.49. The molecule has 1 atom stereocenters. The molecule has 2 aromatic heterocycles. The molecule has 0 spiro atoms. The molecule has 0 bridgehead atoms. The van der Waals surface area contributed by atoms with Gasteiger partial charge in [0.1, 0.15) is 24.1 Å². The second-order valence-corrected chi connectivity index (χ2v) is 6.43. The molecule has 8 nitrogen and oxygen atoms in total. The van der Waals surface area contributed by atoms with Gasteiger partial charge in [0.05, 0.1) is 18.3 Å². The number of aromatic nitrogens is 4. The van der Waals surface area contributed by atoms with Crippen molar-refractivity contribution in [2.45, 2.75) is 19.9 Å². The van der Waals surface area contributed by atoms with E-state index in [0.717, 1.165) is 5.56 Å². The number of nitrogens with one attached hydrogen (secondary N) is 1. The number of imidazole rings is 1. The van der Waals surface area contributed by atoms with E-state index in [1.165, 1.54) is 11.0 Å². The topological polar surface area (TPSA) is 85.2 Å². The van der Waals surface area contributed by atoms with Crippen LogP contribution in [0.5, 0.6) is 0 Å². The Morgan fingerprint density at radius 2 is 2.11 bits per heavy atom. The number of rotatable bonds is 5. The van der Waals surface area contributed by atoms with E-state index in [-0.39, 0.29) is 11.9 Å². The summed E-state index contributed by atoms with van der Waals surface area (Å²) in [4.78, 5) is 25.8. The van der Waals surface area contributed by atoms with Crippen molar-refractivity contribution in [3.63, 3.8) is 0 Å². The van der Waals surface area contributed by atoms with E-state index in [1.54, 1.807) is 35.3 Å². The minimum Gasteiger partial charge on any atom is -0.447 e. The van der Waals surface area contributed by atoms with Crippen LogP contribution in [-0.2, 0) is 4.74 Å². The first kappa shape index (κ1) is 17.9. The molecule has 1 fully saturated rings. The number of halogens is 1. The number of amides is 1. The molecule has 0 saturated carbocycles. The van der Waals surface area contributed by atoms with Crippen LogP contribution in [0.1, 0.15) is 24.4 Å². The lowest BCUT2D eigenvalue weighted by atomic mass is 10.1. The number of aryl methyl sites for hydroxylation is 1. The standard InChI is InChI=1S/C19H19FN6O2/c1-12(14-3-4-16(15(20)11-14)25-8-7-21-13(25)2)23-18-22-6-5-17(24-18)26-9-10-28-19(26)27/h3-8,11-12H,9-10H2,1-2H3,(H,22,23,24). The van der Waals surface area contributed by atoms with E-state index in [1.807, 2.05) is 19.9 Å². The van der Waals surface area contributed by atoms with Crippen LogP contribution >= 0.6 is 0 Å². The number of nitrogens with zero attached hydrogens (tertiary/aromatic N) is 5. The fraction of sp³-hybridized carbons (Fsp3) is 0.263. The molecule has 1 aliphatic heterocycles. The van der Waals surface area contributed by atoms with Gasteiger partial charge in [-0.25, -0.2) is 19.2 Å². The second-order valence-electron chi connectivity index (χ2n) is 6.43. The summed E-state index contributed by atoms with van der Waals surface area (Å²) in [5.74, 6) is 1.18. The van der Waals surface area contributed by atoms with Gasteiger partial charge in [0, 0.05) is 18.6 Å². The van der Waals surface area contributed by atoms with Gasteiger partial charge in [0.15, 0.2) is 0 Å². The fourth-order valence-electron chi connectivity index (χ4n) is 3.07. The Bertz CT molecular complexity index is 1020. The Hall–Kier alpha value is -3.49. The van der Waals surface area contributed by atoms with Crippen molar-refractivity contribution in [1.82, 2.24) is 19.5 Å². The molecule has 0 radical (unpaired) electrons. The Kier molecular flexibility index (Phi) is 4.64. The first-order chi connectivity index (χ1) is 13.5. The van der Waals surface area contributed by atoms with Gasteiger partial charge in [-0.3, -0.25) is 4.90 Å². The molecule has 3 aromatic rings. The van der Waals surface area contributed by atoms with Crippen molar-refractivity contribution >= 4 is 17.9 Å². The van der Waals surface area contributed by atoms with Gasteiger partial charge in [-0.2, -0.15) is 4.98 Å². The maximum absolute atomic E-state index is 14.6. The number of anilines is 2. The zero-order valence-electron chi connectivity index (χ0n) is 15.5. The first-order valence-corrected chi connectivity index (χ1v) is 8.86. The lowest BCUT2D eigenvalue weighted by molar-refractivity contribution is 0.181. The first-order valence-electron chi connectivity index (χ1n) is 8.86. The van der Waals surface area contributed by atoms with Gasteiger partial charge >= 0.3 is 6.09 Å². The van der Waals surface area contributed by atoms with Crippen molar-refractivity contribution < 1.29 is 13.9 Å². The fourth-order valence-corrected chi connectivity index (χ4v) is 3.07. The maximum Gasteiger partial charge on any atom is 0.415 e. The highest BCUT2D eigenvalue weighted by atomic mass is 19.1. The van der Waals surface area contributed by atoms with Crippen LogP contribution in [-0.4, -0.2) is 38.8 Å². The van der Waals surface area contributed by atoms with Gasteiger partial charge in [-0.1, -0.05) is 6.07 Å². The van der Waals surface area contributed by atoms with Crippen LogP contribution < -0.4 is 10.2 Å². The van der Waals surface area contributed by atoms with Crippen LogP contribution in [0.15, 0.2) is 42.9 Å². The highest BCUT2D eigenvalue weighted by Crippen LogP contribution is 2.23. The minimum atomic E-state index is -0.426. The van der Waals surface area contributed by atoms with Gasteiger partial charge in [-0.15, -0.1) is 0 Å². The molecule has 1 aromatic carbocycles. The van der Waals surface area contributed by atoms with Crippen LogP contribution in [0.25, 0.3) is 5.69 Å². The molecular formula is C19H19FN6O2. The number of carbonyl (C=O) groups is 1. The summed E-state index contributed by atoms with van der Waals surface area (Å²) < 4.78 is 21.3. The summed E-state index contributed by atoms with van der Waals surface area (Å²) in [6, 6.07) is 6.44. The molecule has 28 heavy (non-hydrogen) atoms. The van der Waals surface area contributed by atoms with E-state index in [4.69, 9.17) is 4.74 Å². The lowest BCUT2D eigenvalue weighted by Crippen LogP contribution is -2.25. The van der Waals surface area contributed by atoms with E-state index in [0.29, 0.717) is 36.4 Å². The van der Waals surface area contributed by atoms with Crippen molar-refractivity contribution in [2.24, 2.45) is 0 Å². The average molecular weight is 382 g/mol. The Balaban J connectivity index is 1.52. The minimum absolute atomic E-state index is 0.242. The number of hydrogen-bond donors (Lipinski definition) is 1. The summed E-state index contributed by atoms with van der Waals surface area (Å²) in [5, 5.41) is 3.14. The molecule has 1 saturated heterocycles. The number of hydrogen-bond acceptors (Lipinski definition) is 6. The van der Waals surface area contributed by atoms with E-state index >= 15 is 0 Å². The van der Waals surface area contributed by atoms with Gasteiger partial charge in [0.25, 0.3) is 0 Å². The third kappa shape index (κ3) is 3.38. The Labute approximate surface area is 161 Å². The second kappa shape index (κ2) is 7.26. The smallest absolute Gasteiger partial charge is 0.415 e. The lowest BCUT2D eigenvalue weighted by Gasteiger charge is -2.17. The molecule has 1 unspecified atom stereocenters. The number of benzene rings is 1. The number of cyclic esters (lactones) is 1. The summed E-state index contributed by atoms with van der Waals surface area (Å²) in [6.07, 6.45) is 4.49. The SMILES string of the molecule is Cc1nccn1-c1ccc(C(C)Nc2nccc(N3CCOC3=O)n2)cc1F. The normalized spacial score (nSPS) is 14.8. The third-order valence-electron chi connectivity index (χ3n) is 4.58. The van der Waals surface area contributed by atoms with Gasteiger partial charge in [-0.05, 0) is 37.6 Å². The number of carbonyl (C=O) groups excluding carboxylic acids is 1. The third-order valence-corrected chi connectivity index (χ3v) is 4.58. The van der Waals surface area contributed by atoms with E-state index in [2.05, 4.69) is 20.3 Å². The summed E-state index contributed by atoms with van der Waals surface area (Å²) >= 11 is 0. The number of ether oxygens (including phenoxy) is 1. The summed E-state index contributed by atoms with van der Waals surface area (Å²) in [7, 11) is 0. The zero-order chi connectivity index (χ0) is 19.7. The highest BCUT2D eigenvalue weighted by Gasteiger charge is 2.25. The molecule has 144 valence electrons. The average Bonchev–Trinajstić information content (AvgIpc) is 3.30. The van der Waals surface area contributed by atoms with Crippen molar-refractivity contribution in [3.05, 3.63) is 60.1 Å². The predicted molar refractivity (Wildman–Crippen MR) is 101 cm³/mol. The van der Waals surface area contributed by atoms with Gasteiger partial charge in [0.2, 0.25) is 5.95 Å². The molecule has 3 heterocycles. The quantitative estimate of drug-likeness (QED) is 0.729. The van der Waals surface area contributed by atoms with Crippen molar-refractivity contribution in [2.75, 3.05) is 23.4 Å². The molecule has 1 N–H and O–H groups in total. The largest absolute Gasteiger partial charge is 0.447 e.